The number of hydrogen-bond acceptors (Lipinski definition) is 4. The van der Waals surface area contributed by atoms with E-state index in [1.807, 2.05) is 0 Å². The number of imide groups is 1. The van der Waals surface area contributed by atoms with Crippen molar-refractivity contribution in [3.8, 4) is 5.75 Å². The summed E-state index contributed by atoms with van der Waals surface area (Å²) in [6.07, 6.45) is 1.32. The number of benzene rings is 1. The van der Waals surface area contributed by atoms with Crippen LogP contribution in [0.5, 0.6) is 5.75 Å². The second-order valence-electron chi connectivity index (χ2n) is 3.80. The van der Waals surface area contributed by atoms with Gasteiger partial charge in [-0.2, -0.15) is 0 Å². The third kappa shape index (κ3) is 2.20. The summed E-state index contributed by atoms with van der Waals surface area (Å²) in [6.45, 7) is 2.14. The lowest BCUT2D eigenvalue weighted by atomic mass is 10.3. The minimum Gasteiger partial charge on any atom is -0.497 e. The molecule has 5 heteroatoms. The lowest BCUT2D eigenvalue weighted by Gasteiger charge is -2.12. The van der Waals surface area contributed by atoms with Gasteiger partial charge in [-0.05, 0) is 31.2 Å². The van der Waals surface area contributed by atoms with Crippen molar-refractivity contribution in [3.63, 3.8) is 0 Å². The molecule has 0 bridgehead atoms. The highest BCUT2D eigenvalue weighted by molar-refractivity contribution is 6.17. The van der Waals surface area contributed by atoms with Crippen LogP contribution in [0.25, 0.3) is 0 Å². The SMILES string of the molecule is CCN1C(=O)C=C(Nc2ccc(OC)cc2)C1=O. The lowest BCUT2D eigenvalue weighted by molar-refractivity contribution is -0.136. The van der Waals surface area contributed by atoms with Gasteiger partial charge >= 0.3 is 0 Å². The predicted octanol–water partition coefficient (Wildman–Crippen LogP) is 1.38. The van der Waals surface area contributed by atoms with Gasteiger partial charge < -0.3 is 10.1 Å². The number of nitrogens with zero attached hydrogens (tertiary/aromatic N) is 1. The van der Waals surface area contributed by atoms with Gasteiger partial charge in [0.05, 0.1) is 7.11 Å². The van der Waals surface area contributed by atoms with Crippen LogP contribution in [0.15, 0.2) is 36.0 Å². The molecule has 1 N–H and O–H groups in total. The van der Waals surface area contributed by atoms with E-state index in [9.17, 15) is 9.59 Å². The maximum Gasteiger partial charge on any atom is 0.277 e. The number of likely N-dealkylation sites (N-methyl/N-ethyl adjacent to an activating group) is 1. The molecule has 1 heterocycles. The number of ether oxygens (including phenoxy) is 1. The number of nitrogens with one attached hydrogen (secondary N) is 1. The molecule has 1 aromatic rings. The number of carbonyl (C=O) groups excluding carboxylic acids is 2. The topological polar surface area (TPSA) is 58.6 Å². The Morgan fingerprint density at radius 2 is 1.89 bits per heavy atom. The van der Waals surface area contributed by atoms with Gasteiger partial charge in [-0.15, -0.1) is 0 Å². The van der Waals surface area contributed by atoms with E-state index in [1.54, 1.807) is 38.3 Å². The first-order valence-corrected chi connectivity index (χ1v) is 5.64. The number of hydrogen-bond donors (Lipinski definition) is 1. The zero-order valence-corrected chi connectivity index (χ0v) is 10.3. The quantitative estimate of drug-likeness (QED) is 0.815. The first-order valence-electron chi connectivity index (χ1n) is 5.64. The molecule has 94 valence electrons. The normalized spacial score (nSPS) is 14.8. The zero-order chi connectivity index (χ0) is 13.1. The Bertz CT molecular complexity index is 505. The summed E-state index contributed by atoms with van der Waals surface area (Å²) in [7, 11) is 1.59. The van der Waals surface area contributed by atoms with Crippen LogP contribution in [-0.4, -0.2) is 30.4 Å². The molecule has 0 saturated carbocycles. The van der Waals surface area contributed by atoms with E-state index < -0.39 is 0 Å². The van der Waals surface area contributed by atoms with Crippen molar-refractivity contribution < 1.29 is 14.3 Å². The third-order valence-corrected chi connectivity index (χ3v) is 2.69. The second-order valence-corrected chi connectivity index (χ2v) is 3.80. The van der Waals surface area contributed by atoms with Gasteiger partial charge in [0.25, 0.3) is 11.8 Å². The molecule has 0 fully saturated rings. The Hall–Kier alpha value is -2.30. The molecule has 2 amide bonds. The number of rotatable bonds is 4. The maximum absolute atomic E-state index is 11.8. The Morgan fingerprint density at radius 1 is 1.22 bits per heavy atom. The average molecular weight is 246 g/mol. The molecule has 0 aromatic heterocycles. The Morgan fingerprint density at radius 3 is 2.39 bits per heavy atom. The van der Waals surface area contributed by atoms with Gasteiger partial charge in [-0.1, -0.05) is 0 Å². The summed E-state index contributed by atoms with van der Waals surface area (Å²) >= 11 is 0. The largest absolute Gasteiger partial charge is 0.497 e. The van der Waals surface area contributed by atoms with E-state index in [0.717, 1.165) is 11.4 Å². The fourth-order valence-electron chi connectivity index (χ4n) is 1.73. The van der Waals surface area contributed by atoms with Gasteiger partial charge in [0, 0.05) is 18.3 Å². The number of anilines is 1. The first kappa shape index (κ1) is 12.2. The van der Waals surface area contributed by atoms with Crippen LogP contribution in [0.3, 0.4) is 0 Å². The van der Waals surface area contributed by atoms with Gasteiger partial charge in [0.15, 0.2) is 0 Å². The van der Waals surface area contributed by atoms with Gasteiger partial charge in [0.2, 0.25) is 0 Å². The Labute approximate surface area is 105 Å². The molecule has 0 radical (unpaired) electrons. The molecule has 1 aromatic carbocycles. The van der Waals surface area contributed by atoms with E-state index >= 15 is 0 Å². The minimum absolute atomic E-state index is 0.279. The molecular formula is C13H14N2O3. The number of carbonyl (C=O) groups is 2. The standard InChI is InChI=1S/C13H14N2O3/c1-3-15-12(16)8-11(13(15)17)14-9-4-6-10(18-2)7-5-9/h4-8,14H,3H2,1-2H3. The molecule has 2 rings (SSSR count). The van der Waals surface area contributed by atoms with Crippen LogP contribution in [0.2, 0.25) is 0 Å². The maximum atomic E-state index is 11.8. The monoisotopic (exact) mass is 246 g/mol. The number of methoxy groups -OCH3 is 1. The fraction of sp³-hybridized carbons (Fsp3) is 0.231. The zero-order valence-electron chi connectivity index (χ0n) is 10.3. The van der Waals surface area contributed by atoms with Crippen LogP contribution >= 0.6 is 0 Å². The van der Waals surface area contributed by atoms with Crippen LogP contribution in [0.4, 0.5) is 5.69 Å². The first-order chi connectivity index (χ1) is 8.65. The molecule has 0 atom stereocenters. The van der Waals surface area contributed by atoms with Crippen molar-refractivity contribution in [2.24, 2.45) is 0 Å². The summed E-state index contributed by atoms with van der Waals surface area (Å²) in [4.78, 5) is 24.5. The van der Waals surface area contributed by atoms with E-state index in [2.05, 4.69) is 5.32 Å². The second kappa shape index (κ2) is 4.91. The Balaban J connectivity index is 2.12. The highest BCUT2D eigenvalue weighted by Crippen LogP contribution is 2.19. The van der Waals surface area contributed by atoms with E-state index in [-0.39, 0.29) is 11.8 Å². The molecule has 0 unspecified atom stereocenters. The van der Waals surface area contributed by atoms with E-state index in [4.69, 9.17) is 4.74 Å². The fourth-order valence-corrected chi connectivity index (χ4v) is 1.73. The summed E-state index contributed by atoms with van der Waals surface area (Å²) in [5, 5.41) is 2.93. The molecule has 0 saturated heterocycles. The summed E-state index contributed by atoms with van der Waals surface area (Å²) in [5.74, 6) is 0.162. The summed E-state index contributed by atoms with van der Waals surface area (Å²) in [6, 6.07) is 7.13. The smallest absolute Gasteiger partial charge is 0.277 e. The molecule has 0 spiro atoms. The highest BCUT2D eigenvalue weighted by atomic mass is 16.5. The average Bonchev–Trinajstić information content (AvgIpc) is 2.65. The molecule has 1 aliphatic heterocycles. The summed E-state index contributed by atoms with van der Waals surface area (Å²) in [5.41, 5.74) is 1.04. The van der Waals surface area contributed by atoms with Crippen LogP contribution in [0.1, 0.15) is 6.92 Å². The third-order valence-electron chi connectivity index (χ3n) is 2.69. The van der Waals surface area contributed by atoms with E-state index in [1.165, 1.54) is 11.0 Å². The molecular weight excluding hydrogens is 232 g/mol. The van der Waals surface area contributed by atoms with Crippen LogP contribution in [0, 0.1) is 0 Å². The van der Waals surface area contributed by atoms with Crippen molar-refractivity contribution in [1.29, 1.82) is 0 Å². The predicted molar refractivity (Wildman–Crippen MR) is 67.1 cm³/mol. The van der Waals surface area contributed by atoms with Crippen molar-refractivity contribution in [2.75, 3.05) is 19.0 Å². The van der Waals surface area contributed by atoms with Gasteiger partial charge in [-0.3, -0.25) is 14.5 Å². The number of amides is 2. The van der Waals surface area contributed by atoms with Gasteiger partial charge in [-0.25, -0.2) is 0 Å². The summed E-state index contributed by atoms with van der Waals surface area (Å²) < 4.78 is 5.04. The molecule has 5 nitrogen and oxygen atoms in total. The van der Waals surface area contributed by atoms with Crippen molar-refractivity contribution in [1.82, 2.24) is 4.90 Å². The van der Waals surface area contributed by atoms with Crippen molar-refractivity contribution in [2.45, 2.75) is 6.92 Å². The minimum atomic E-state index is -0.293. The molecule has 18 heavy (non-hydrogen) atoms. The van der Waals surface area contributed by atoms with Crippen LogP contribution < -0.4 is 10.1 Å². The Kier molecular flexibility index (Phi) is 3.32. The molecule has 1 aliphatic rings. The molecule has 0 aliphatic carbocycles. The van der Waals surface area contributed by atoms with E-state index in [0.29, 0.717) is 12.2 Å². The van der Waals surface area contributed by atoms with Crippen molar-refractivity contribution >= 4 is 17.5 Å². The lowest BCUT2D eigenvalue weighted by Crippen LogP contribution is -2.31. The highest BCUT2D eigenvalue weighted by Gasteiger charge is 2.29. The van der Waals surface area contributed by atoms with Gasteiger partial charge in [0.1, 0.15) is 11.4 Å². The van der Waals surface area contributed by atoms with Crippen LogP contribution in [-0.2, 0) is 9.59 Å². The van der Waals surface area contributed by atoms with Crippen molar-refractivity contribution in [3.05, 3.63) is 36.0 Å².